The van der Waals surface area contributed by atoms with Crippen LogP contribution in [-0.2, 0) is 14.4 Å². The van der Waals surface area contributed by atoms with Crippen molar-refractivity contribution in [1.29, 1.82) is 0 Å². The molecule has 0 unspecified atom stereocenters. The van der Waals surface area contributed by atoms with Crippen molar-refractivity contribution in [1.82, 2.24) is 0 Å². The first-order valence-electron chi connectivity index (χ1n) is 11.5. The Morgan fingerprint density at radius 2 is 1.32 bits per heavy atom. The quantitative estimate of drug-likeness (QED) is 0.166. The van der Waals surface area contributed by atoms with Crippen molar-refractivity contribution >= 4 is 17.9 Å². The summed E-state index contributed by atoms with van der Waals surface area (Å²) in [6.07, 6.45) is 1.08. The van der Waals surface area contributed by atoms with E-state index >= 15 is 0 Å². The van der Waals surface area contributed by atoms with Gasteiger partial charge in [0.25, 0.3) is 0 Å². The van der Waals surface area contributed by atoms with Gasteiger partial charge in [-0.3, -0.25) is 0 Å². The number of ether oxygens (including phenoxy) is 3. The lowest BCUT2D eigenvalue weighted by molar-refractivity contribution is -0.130. The SMILES string of the molecule is C=CC(=O)Oc1ccc(-c2cc(C)c(C#Cc3ccc(OC(=O)C(=C)C)cc3)cc2OC(=O)C(=C)C)cc1. The first-order valence-corrected chi connectivity index (χ1v) is 11.5. The molecule has 0 aromatic heterocycles. The van der Waals surface area contributed by atoms with E-state index in [2.05, 4.69) is 31.6 Å². The van der Waals surface area contributed by atoms with Crippen LogP contribution in [0.3, 0.4) is 0 Å². The molecule has 0 aliphatic rings. The van der Waals surface area contributed by atoms with Crippen molar-refractivity contribution in [3.05, 3.63) is 114 Å². The van der Waals surface area contributed by atoms with Gasteiger partial charge in [-0.15, -0.1) is 0 Å². The summed E-state index contributed by atoms with van der Waals surface area (Å²) in [6.45, 7) is 15.6. The molecule has 3 rings (SSSR count). The highest BCUT2D eigenvalue weighted by atomic mass is 16.5. The monoisotopic (exact) mass is 506 g/mol. The standard InChI is InChI=1S/C32H26O6/c1-7-30(33)36-26-16-12-24(13-17-26)28-18-22(6)25(19-29(28)38-32(35)21(4)5)11-8-23-9-14-27(15-10-23)37-31(34)20(2)3/h7,9-10,12-19H,1-2,4H2,3,5-6H3. The summed E-state index contributed by atoms with van der Waals surface area (Å²) >= 11 is 0. The molecule has 6 nitrogen and oxygen atoms in total. The number of hydrogen-bond donors (Lipinski definition) is 0. The van der Waals surface area contributed by atoms with E-state index in [-0.39, 0.29) is 5.57 Å². The lowest BCUT2D eigenvalue weighted by Gasteiger charge is -2.13. The molecule has 0 aliphatic heterocycles. The van der Waals surface area contributed by atoms with Crippen molar-refractivity contribution in [2.24, 2.45) is 0 Å². The molecule has 0 bridgehead atoms. The molecule has 6 heteroatoms. The van der Waals surface area contributed by atoms with Crippen LogP contribution in [0.25, 0.3) is 11.1 Å². The minimum absolute atomic E-state index is 0.253. The Labute approximate surface area is 221 Å². The molecule has 0 fully saturated rings. The summed E-state index contributed by atoms with van der Waals surface area (Å²) < 4.78 is 16.0. The van der Waals surface area contributed by atoms with Gasteiger partial charge in [0.1, 0.15) is 17.2 Å². The van der Waals surface area contributed by atoms with Gasteiger partial charge in [-0.05, 0) is 80.4 Å². The second-order valence-electron chi connectivity index (χ2n) is 8.43. The van der Waals surface area contributed by atoms with E-state index in [1.54, 1.807) is 68.4 Å². The third-order valence-corrected chi connectivity index (χ3v) is 5.18. The van der Waals surface area contributed by atoms with Gasteiger partial charge in [-0.2, -0.15) is 0 Å². The molecule has 0 aliphatic carbocycles. The van der Waals surface area contributed by atoms with E-state index in [4.69, 9.17) is 14.2 Å². The van der Waals surface area contributed by atoms with Gasteiger partial charge in [0.2, 0.25) is 0 Å². The number of carbonyl (C=O) groups excluding carboxylic acids is 3. The van der Waals surface area contributed by atoms with Crippen LogP contribution in [0.4, 0.5) is 0 Å². The highest BCUT2D eigenvalue weighted by Crippen LogP contribution is 2.34. The number of esters is 3. The van der Waals surface area contributed by atoms with Crippen molar-refractivity contribution in [2.75, 3.05) is 0 Å². The van der Waals surface area contributed by atoms with Crippen LogP contribution in [-0.4, -0.2) is 17.9 Å². The molecule has 0 N–H and O–H groups in total. The second-order valence-corrected chi connectivity index (χ2v) is 8.43. The van der Waals surface area contributed by atoms with Gasteiger partial charge in [-0.25, -0.2) is 14.4 Å². The lowest BCUT2D eigenvalue weighted by atomic mass is 9.98. The van der Waals surface area contributed by atoms with Gasteiger partial charge in [-0.1, -0.05) is 43.7 Å². The summed E-state index contributed by atoms with van der Waals surface area (Å²) in [5, 5.41) is 0. The average molecular weight is 507 g/mol. The molecule has 0 heterocycles. The molecule has 3 aromatic carbocycles. The zero-order chi connectivity index (χ0) is 27.8. The fourth-order valence-corrected chi connectivity index (χ4v) is 3.12. The summed E-state index contributed by atoms with van der Waals surface area (Å²) in [5.74, 6) is 5.63. The van der Waals surface area contributed by atoms with Gasteiger partial charge >= 0.3 is 17.9 Å². The molecule has 190 valence electrons. The molecule has 0 atom stereocenters. The van der Waals surface area contributed by atoms with E-state index < -0.39 is 17.9 Å². The Balaban J connectivity index is 1.94. The Hall–Kier alpha value is -5.15. The van der Waals surface area contributed by atoms with E-state index in [0.717, 1.165) is 17.2 Å². The van der Waals surface area contributed by atoms with Gasteiger partial charge in [0.05, 0.1) is 0 Å². The maximum absolute atomic E-state index is 12.4. The molecule has 0 saturated carbocycles. The molecule has 38 heavy (non-hydrogen) atoms. The Bertz CT molecular complexity index is 1500. The van der Waals surface area contributed by atoms with Gasteiger partial charge < -0.3 is 14.2 Å². The van der Waals surface area contributed by atoms with Crippen LogP contribution < -0.4 is 14.2 Å². The third kappa shape index (κ3) is 7.19. The van der Waals surface area contributed by atoms with Crippen molar-refractivity contribution in [2.45, 2.75) is 20.8 Å². The highest BCUT2D eigenvalue weighted by Gasteiger charge is 2.15. The van der Waals surface area contributed by atoms with Crippen molar-refractivity contribution in [3.8, 4) is 40.2 Å². The van der Waals surface area contributed by atoms with Crippen LogP contribution in [0, 0.1) is 18.8 Å². The van der Waals surface area contributed by atoms with E-state index in [1.807, 2.05) is 13.0 Å². The number of aryl methyl sites for hydroxylation is 1. The van der Waals surface area contributed by atoms with Crippen LogP contribution >= 0.6 is 0 Å². The smallest absolute Gasteiger partial charge is 0.338 e. The molecular formula is C32H26O6. The molecular weight excluding hydrogens is 480 g/mol. The minimum atomic E-state index is -0.564. The summed E-state index contributed by atoms with van der Waals surface area (Å²) in [4.78, 5) is 35.5. The Morgan fingerprint density at radius 1 is 0.763 bits per heavy atom. The van der Waals surface area contributed by atoms with Gasteiger partial charge in [0.15, 0.2) is 0 Å². The third-order valence-electron chi connectivity index (χ3n) is 5.18. The molecule has 0 spiro atoms. The molecule has 0 saturated heterocycles. The number of benzene rings is 3. The van der Waals surface area contributed by atoms with E-state index in [0.29, 0.717) is 39.5 Å². The molecule has 3 aromatic rings. The number of rotatable bonds is 7. The summed E-state index contributed by atoms with van der Waals surface area (Å²) in [5.41, 5.74) is 4.19. The van der Waals surface area contributed by atoms with Crippen LogP contribution in [0.1, 0.15) is 30.5 Å². The number of carbonyl (C=O) groups is 3. The fourth-order valence-electron chi connectivity index (χ4n) is 3.12. The Kier molecular flexibility index (Phi) is 8.81. The number of hydrogen-bond acceptors (Lipinski definition) is 6. The van der Waals surface area contributed by atoms with E-state index in [9.17, 15) is 14.4 Å². The Morgan fingerprint density at radius 3 is 1.89 bits per heavy atom. The maximum atomic E-state index is 12.4. The summed E-state index contributed by atoms with van der Waals surface area (Å²) in [7, 11) is 0. The molecule has 0 radical (unpaired) electrons. The topological polar surface area (TPSA) is 78.9 Å². The normalized spacial score (nSPS) is 9.87. The maximum Gasteiger partial charge on any atom is 0.338 e. The minimum Gasteiger partial charge on any atom is -0.423 e. The van der Waals surface area contributed by atoms with Crippen molar-refractivity contribution < 1.29 is 28.6 Å². The second kappa shape index (κ2) is 12.2. The average Bonchev–Trinajstić information content (AvgIpc) is 2.89. The lowest BCUT2D eigenvalue weighted by Crippen LogP contribution is -2.09. The van der Waals surface area contributed by atoms with Crippen LogP contribution in [0.2, 0.25) is 0 Å². The summed E-state index contributed by atoms with van der Waals surface area (Å²) in [6, 6.07) is 17.1. The zero-order valence-electron chi connectivity index (χ0n) is 21.4. The largest absolute Gasteiger partial charge is 0.423 e. The van der Waals surface area contributed by atoms with Crippen LogP contribution in [0.5, 0.6) is 17.2 Å². The van der Waals surface area contributed by atoms with Gasteiger partial charge in [0, 0.05) is 33.9 Å². The van der Waals surface area contributed by atoms with Crippen molar-refractivity contribution in [3.63, 3.8) is 0 Å². The predicted molar refractivity (Wildman–Crippen MR) is 146 cm³/mol. The first kappa shape index (κ1) is 27.4. The zero-order valence-corrected chi connectivity index (χ0v) is 21.4. The first-order chi connectivity index (χ1) is 18.1. The van der Waals surface area contributed by atoms with E-state index in [1.165, 1.54) is 0 Å². The predicted octanol–water partition coefficient (Wildman–Crippen LogP) is 6.12. The molecule has 0 amide bonds. The highest BCUT2D eigenvalue weighted by molar-refractivity contribution is 5.90. The fraction of sp³-hybridized carbons (Fsp3) is 0.0938. The van der Waals surface area contributed by atoms with Crippen LogP contribution in [0.15, 0.2) is 97.6 Å².